The summed E-state index contributed by atoms with van der Waals surface area (Å²) in [5.74, 6) is -10.2. The summed E-state index contributed by atoms with van der Waals surface area (Å²) in [5, 5.41) is 153. The fraction of sp³-hybridized carbons (Fsp3) is 0.214. The lowest BCUT2D eigenvalue weighted by Crippen LogP contribution is -2.27. The molecule has 0 saturated carbocycles. The Balaban J connectivity index is 0.000000201. The van der Waals surface area contributed by atoms with Gasteiger partial charge in [-0.1, -0.05) is 91.1 Å². The summed E-state index contributed by atoms with van der Waals surface area (Å²) < 4.78 is 0.890. The van der Waals surface area contributed by atoms with Crippen LogP contribution in [-0.2, 0) is 6.54 Å². The van der Waals surface area contributed by atoms with E-state index in [0.29, 0.717) is 25.8 Å². The smallest absolute Gasteiger partial charge is 0.251 e. The summed E-state index contributed by atoms with van der Waals surface area (Å²) in [6, 6.07) is 28.7. The summed E-state index contributed by atoms with van der Waals surface area (Å²) in [5.41, 5.74) is -2.71. The Hall–Kier alpha value is -11.6. The summed E-state index contributed by atoms with van der Waals surface area (Å²) in [7, 11) is 0. The van der Waals surface area contributed by atoms with Gasteiger partial charge < -0.3 is 87.2 Å². The fourth-order valence-corrected chi connectivity index (χ4v) is 13.6. The molecular formula is C84H77Br5N2O25. The number of benzene rings is 6. The van der Waals surface area contributed by atoms with Crippen molar-refractivity contribution in [2.45, 2.75) is 99.5 Å². The molecule has 0 aliphatic heterocycles. The minimum Gasteiger partial charge on any atom is -0.504 e. The van der Waals surface area contributed by atoms with E-state index in [1.807, 2.05) is 71.9 Å². The Bertz CT molecular complexity index is 6090. The number of ketones is 3. The van der Waals surface area contributed by atoms with Crippen LogP contribution in [0.15, 0.2) is 168 Å². The lowest BCUT2D eigenvalue weighted by atomic mass is 10.0. The lowest BCUT2D eigenvalue weighted by Gasteiger charge is -2.07. The van der Waals surface area contributed by atoms with Gasteiger partial charge in [0.05, 0.1) is 49.3 Å². The molecule has 11 rings (SSSR count). The molecule has 17 N–H and O–H groups in total. The van der Waals surface area contributed by atoms with Crippen molar-refractivity contribution in [3.8, 4) is 86.2 Å². The zero-order valence-corrected chi connectivity index (χ0v) is 70.4. The first-order valence-electron chi connectivity index (χ1n) is 35.3. The van der Waals surface area contributed by atoms with Crippen molar-refractivity contribution in [3.05, 3.63) is 228 Å². The van der Waals surface area contributed by atoms with Gasteiger partial charge in [0.25, 0.3) is 11.8 Å². The Morgan fingerprint density at radius 3 is 0.871 bits per heavy atom. The SMILES string of the molecule is CC(C)CC(=O)c1cc(O)c(=O)c2c(O)c(O)c(Br)cc2c1.CC(C)CNC(=O)c1cc(O)c(=O)c2c(O)c(O)c(Br)cc2c1.CCCCC(=O)c1cc(O)c(=O)c2c(O)c(O)c(Br)cc2c1.CCCCCC(=O)c1cc(O)c(=O)c2c(O)c(O)c(Br)cc2c1.O=C(NCc1ccccc1)c1cc(O)c(=O)c2c(O)c(O)c(Br)cc2c1. The van der Waals surface area contributed by atoms with Crippen LogP contribution >= 0.6 is 79.6 Å². The van der Waals surface area contributed by atoms with Crippen LogP contribution in [0.2, 0.25) is 0 Å². The largest absolute Gasteiger partial charge is 0.504 e. The predicted octanol–water partition coefficient (Wildman–Crippen LogP) is 16.1. The van der Waals surface area contributed by atoms with Crippen LogP contribution in [0.1, 0.15) is 150 Å². The van der Waals surface area contributed by atoms with Gasteiger partial charge in [0, 0.05) is 60.2 Å². The number of amides is 2. The molecule has 116 heavy (non-hydrogen) atoms. The number of hydrogen-bond acceptors (Lipinski definition) is 25. The summed E-state index contributed by atoms with van der Waals surface area (Å²) in [6.07, 6.45) is 5.08. The van der Waals surface area contributed by atoms with Crippen LogP contribution in [0.5, 0.6) is 86.2 Å². The molecule has 11 aromatic carbocycles. The number of Topliss-reactive ketones (excluding diaryl/α,β-unsaturated/α-hetero) is 3. The summed E-state index contributed by atoms with van der Waals surface area (Å²) >= 11 is 15.4. The Morgan fingerprint density at radius 1 is 0.319 bits per heavy atom. The molecule has 27 nitrogen and oxygen atoms in total. The van der Waals surface area contributed by atoms with Gasteiger partial charge in [-0.2, -0.15) is 0 Å². The Labute approximate surface area is 701 Å². The van der Waals surface area contributed by atoms with Gasteiger partial charge in [0.15, 0.2) is 104 Å². The topological polar surface area (TPSA) is 498 Å². The van der Waals surface area contributed by atoms with Crippen molar-refractivity contribution in [2.24, 2.45) is 11.8 Å². The highest BCUT2D eigenvalue weighted by molar-refractivity contribution is 9.11. The van der Waals surface area contributed by atoms with Crippen LogP contribution in [0.3, 0.4) is 0 Å². The average molecular weight is 1910 g/mol. The van der Waals surface area contributed by atoms with Gasteiger partial charge in [-0.3, -0.25) is 47.9 Å². The van der Waals surface area contributed by atoms with E-state index in [1.54, 1.807) is 0 Å². The number of fused-ring (bicyclic) bond motifs is 5. The first-order valence-corrected chi connectivity index (χ1v) is 39.3. The van der Waals surface area contributed by atoms with Crippen molar-refractivity contribution in [1.82, 2.24) is 10.6 Å². The highest BCUT2D eigenvalue weighted by Crippen LogP contribution is 2.44. The van der Waals surface area contributed by atoms with E-state index in [-0.39, 0.29) is 146 Å². The molecule has 0 heterocycles. The van der Waals surface area contributed by atoms with Crippen molar-refractivity contribution in [2.75, 3.05) is 6.54 Å². The van der Waals surface area contributed by atoms with Crippen molar-refractivity contribution < 1.29 is 101 Å². The first kappa shape index (κ1) is 91.6. The number of nitrogens with one attached hydrogen (secondary N) is 2. The molecular weight excluding hydrogens is 1840 g/mol. The zero-order valence-electron chi connectivity index (χ0n) is 62.5. The predicted molar refractivity (Wildman–Crippen MR) is 455 cm³/mol. The van der Waals surface area contributed by atoms with Gasteiger partial charge in [-0.15, -0.1) is 0 Å². The number of aromatic hydroxyl groups is 15. The number of unbranched alkanes of at least 4 members (excludes halogenated alkanes) is 3. The number of carbonyl (C=O) groups excluding carboxylic acids is 5. The number of carbonyl (C=O) groups is 5. The molecule has 0 unspecified atom stereocenters. The van der Waals surface area contributed by atoms with E-state index >= 15 is 0 Å². The molecule has 0 atom stereocenters. The summed E-state index contributed by atoms with van der Waals surface area (Å²) in [6.45, 7) is 12.4. The quantitative estimate of drug-likeness (QED) is 0.0215. The fourth-order valence-electron chi connectivity index (χ4n) is 11.4. The van der Waals surface area contributed by atoms with Gasteiger partial charge >= 0.3 is 0 Å². The molecule has 32 heteroatoms. The minimum atomic E-state index is -0.887. The molecule has 0 aliphatic carbocycles. The maximum absolute atomic E-state index is 12.5. The zero-order chi connectivity index (χ0) is 86.3. The molecule has 0 fully saturated rings. The maximum Gasteiger partial charge on any atom is 0.251 e. The normalized spacial score (nSPS) is 10.9. The third kappa shape index (κ3) is 21.9. The Kier molecular flexibility index (Phi) is 31.7. The monoisotopic (exact) mass is 1910 g/mol. The van der Waals surface area contributed by atoms with Crippen LogP contribution in [-0.4, -0.2) is 112 Å². The molecule has 0 aromatic heterocycles. The summed E-state index contributed by atoms with van der Waals surface area (Å²) in [4.78, 5) is 122. The lowest BCUT2D eigenvalue weighted by molar-refractivity contribution is 0.0942. The molecule has 0 spiro atoms. The molecule has 608 valence electrons. The van der Waals surface area contributed by atoms with E-state index in [0.717, 1.165) is 61.6 Å². The van der Waals surface area contributed by atoms with Crippen LogP contribution in [0, 0.1) is 11.8 Å². The minimum absolute atomic E-state index is 0.0440. The van der Waals surface area contributed by atoms with Crippen molar-refractivity contribution in [3.63, 3.8) is 0 Å². The van der Waals surface area contributed by atoms with E-state index in [9.17, 15) is 125 Å². The van der Waals surface area contributed by atoms with E-state index in [1.165, 1.54) is 60.7 Å². The van der Waals surface area contributed by atoms with E-state index < -0.39 is 125 Å². The number of phenols is 10. The molecule has 11 aromatic rings. The molecule has 0 saturated heterocycles. The highest BCUT2D eigenvalue weighted by atomic mass is 79.9. The Morgan fingerprint density at radius 2 is 0.586 bits per heavy atom. The maximum atomic E-state index is 12.5. The molecule has 0 radical (unpaired) electrons. The number of halogens is 5. The van der Waals surface area contributed by atoms with Crippen LogP contribution in [0.4, 0.5) is 0 Å². The average Bonchev–Trinajstić information content (AvgIpc) is 1.56. The number of hydrogen-bond donors (Lipinski definition) is 17. The van der Waals surface area contributed by atoms with E-state index in [2.05, 4.69) is 90.3 Å². The second-order valence-corrected chi connectivity index (χ2v) is 31.4. The van der Waals surface area contributed by atoms with Gasteiger partial charge in [0.1, 0.15) is 0 Å². The first-order chi connectivity index (χ1) is 54.5. The third-order valence-corrected chi connectivity index (χ3v) is 20.4. The van der Waals surface area contributed by atoms with Gasteiger partial charge in [-0.05, 0) is 228 Å². The second kappa shape index (κ2) is 40.1. The third-order valence-electron chi connectivity index (χ3n) is 17.4. The second-order valence-electron chi connectivity index (χ2n) is 27.1. The van der Waals surface area contributed by atoms with Gasteiger partial charge in [0.2, 0.25) is 27.1 Å². The molecule has 2 amide bonds. The van der Waals surface area contributed by atoms with Crippen LogP contribution in [0.25, 0.3) is 53.9 Å². The highest BCUT2D eigenvalue weighted by Gasteiger charge is 2.24. The van der Waals surface area contributed by atoms with E-state index in [4.69, 9.17) is 0 Å². The van der Waals surface area contributed by atoms with Crippen molar-refractivity contribution >= 4 is 163 Å². The molecule has 0 aliphatic rings. The number of rotatable bonds is 18. The number of phenolic OH excluding ortho intramolecular Hbond substituents is 10. The molecule has 0 bridgehead atoms. The van der Waals surface area contributed by atoms with Crippen molar-refractivity contribution in [1.29, 1.82) is 0 Å². The van der Waals surface area contributed by atoms with Crippen LogP contribution < -0.4 is 37.8 Å². The van der Waals surface area contributed by atoms with Gasteiger partial charge in [-0.25, -0.2) is 0 Å². The standard InChI is InChI=1S/C19H14BrNO5.C17H17BrO5.C16H16BrNO5.2C16H15BrO5/c20-13-7-11-6-12(19(26)21-9-10-4-2-1-3-5-10)8-14(22)17(24)15(11)18(25)16(13)23;1-2-3-4-5-12(19)9-6-10-7-11(18)15(21)17(23)14(10)16(22)13(20)8-9;1-7(2)6-18-16(23)9-3-8-4-10(17)13(20)15(22)12(8)14(21)11(19)5-9;1-7(2)3-11(18)8-4-9-5-10(17)14(20)16(22)13(9)15(21)12(19)6-8;1-2-3-4-11(18)8-5-9-6-10(17)14(20)16(22)13(9)15(21)12(19)7-8/h1-8,23,25H,9H2,(H,21,26)(H,22,24);6-8,21,23H,2-5H2,1H3,(H,20,22);3-5,7,20,22H,6H2,1-2H3,(H,18,23)(H,19,21);4-7,20,22H,3H2,1-2H3,(H,19,21);5-7,20,22H,2-4H2,1H3,(H,19,21).